The van der Waals surface area contributed by atoms with E-state index in [1.807, 2.05) is 49.4 Å². The number of amides is 1. The van der Waals surface area contributed by atoms with Gasteiger partial charge < -0.3 is 19.5 Å². The van der Waals surface area contributed by atoms with Gasteiger partial charge in [0.1, 0.15) is 0 Å². The largest absolute Gasteiger partial charge is 0.454 e. The standard InChI is InChI=1S/C21H23NO5/c1-14-3-5-17(6-4-14)12-22-21(24)15(2)27-20(23)10-8-16-7-9-18-19(11-16)26-13-25-18/h3-7,9,11,15H,8,10,12-13H2,1-2H3,(H,22,24). The molecule has 1 aliphatic heterocycles. The number of rotatable bonds is 7. The zero-order valence-corrected chi connectivity index (χ0v) is 15.5. The number of aryl methyl sites for hydroxylation is 2. The molecule has 2 aromatic carbocycles. The van der Waals surface area contributed by atoms with Crippen molar-refractivity contribution in [2.24, 2.45) is 0 Å². The molecule has 1 heterocycles. The first-order valence-corrected chi connectivity index (χ1v) is 8.92. The molecule has 27 heavy (non-hydrogen) atoms. The van der Waals surface area contributed by atoms with Gasteiger partial charge in [-0.25, -0.2) is 0 Å². The Labute approximate surface area is 158 Å². The van der Waals surface area contributed by atoms with Crippen LogP contribution in [-0.4, -0.2) is 24.8 Å². The van der Waals surface area contributed by atoms with Crippen LogP contribution < -0.4 is 14.8 Å². The molecule has 2 aromatic rings. The maximum Gasteiger partial charge on any atom is 0.306 e. The second-order valence-corrected chi connectivity index (χ2v) is 6.52. The fraction of sp³-hybridized carbons (Fsp3) is 0.333. The van der Waals surface area contributed by atoms with Gasteiger partial charge in [-0.1, -0.05) is 35.9 Å². The first kappa shape index (κ1) is 18.8. The third kappa shape index (κ3) is 5.23. The Balaban J connectivity index is 1.41. The smallest absolute Gasteiger partial charge is 0.306 e. The normalized spacial score (nSPS) is 13.1. The molecule has 1 N–H and O–H groups in total. The minimum atomic E-state index is -0.834. The molecule has 3 rings (SSSR count). The third-order valence-corrected chi connectivity index (χ3v) is 4.32. The van der Waals surface area contributed by atoms with Crippen LogP contribution in [0.25, 0.3) is 0 Å². The summed E-state index contributed by atoms with van der Waals surface area (Å²) in [5.74, 6) is 0.669. The molecule has 142 valence electrons. The van der Waals surface area contributed by atoms with Crippen molar-refractivity contribution in [1.29, 1.82) is 0 Å². The fourth-order valence-electron chi connectivity index (χ4n) is 2.69. The van der Waals surface area contributed by atoms with Crippen molar-refractivity contribution >= 4 is 11.9 Å². The first-order chi connectivity index (χ1) is 13.0. The number of esters is 1. The molecule has 6 nitrogen and oxygen atoms in total. The van der Waals surface area contributed by atoms with Gasteiger partial charge >= 0.3 is 5.97 Å². The van der Waals surface area contributed by atoms with E-state index in [9.17, 15) is 9.59 Å². The summed E-state index contributed by atoms with van der Waals surface area (Å²) in [4.78, 5) is 24.1. The lowest BCUT2D eigenvalue weighted by Crippen LogP contribution is -2.35. The summed E-state index contributed by atoms with van der Waals surface area (Å²) in [6, 6.07) is 13.5. The Bertz CT molecular complexity index is 816. The van der Waals surface area contributed by atoms with Crippen molar-refractivity contribution in [2.75, 3.05) is 6.79 Å². The zero-order chi connectivity index (χ0) is 19.2. The van der Waals surface area contributed by atoms with Crippen LogP contribution in [-0.2, 0) is 27.3 Å². The Morgan fingerprint density at radius 1 is 1.07 bits per heavy atom. The number of nitrogens with one attached hydrogen (secondary N) is 1. The SMILES string of the molecule is Cc1ccc(CNC(=O)C(C)OC(=O)CCc2ccc3c(c2)OCO3)cc1. The van der Waals surface area contributed by atoms with E-state index in [0.717, 1.165) is 16.7 Å². The Hall–Kier alpha value is -3.02. The van der Waals surface area contributed by atoms with E-state index in [-0.39, 0.29) is 19.1 Å². The minimum Gasteiger partial charge on any atom is -0.454 e. The van der Waals surface area contributed by atoms with Gasteiger partial charge in [-0.05, 0) is 43.5 Å². The Kier molecular flexibility index (Phi) is 5.96. The molecule has 0 aliphatic carbocycles. The van der Waals surface area contributed by atoms with E-state index < -0.39 is 12.1 Å². The first-order valence-electron chi connectivity index (χ1n) is 8.92. The summed E-state index contributed by atoms with van der Waals surface area (Å²) in [6.45, 7) is 4.20. The molecular formula is C21H23NO5. The van der Waals surface area contributed by atoms with Crippen molar-refractivity contribution in [3.63, 3.8) is 0 Å². The monoisotopic (exact) mass is 369 g/mol. The summed E-state index contributed by atoms with van der Waals surface area (Å²) in [7, 11) is 0. The summed E-state index contributed by atoms with van der Waals surface area (Å²) in [5, 5.41) is 2.78. The van der Waals surface area contributed by atoms with E-state index in [1.54, 1.807) is 6.92 Å². The Morgan fingerprint density at radius 2 is 1.78 bits per heavy atom. The van der Waals surface area contributed by atoms with E-state index in [1.165, 1.54) is 0 Å². The number of carbonyl (C=O) groups is 2. The second kappa shape index (κ2) is 8.58. The number of ether oxygens (including phenoxy) is 3. The maximum atomic E-state index is 12.1. The molecule has 0 fully saturated rings. The molecule has 0 radical (unpaired) electrons. The lowest BCUT2D eigenvalue weighted by atomic mass is 10.1. The molecule has 1 atom stereocenters. The van der Waals surface area contributed by atoms with Gasteiger partial charge in [0, 0.05) is 13.0 Å². The van der Waals surface area contributed by atoms with Crippen LogP contribution >= 0.6 is 0 Å². The average molecular weight is 369 g/mol. The molecular weight excluding hydrogens is 346 g/mol. The van der Waals surface area contributed by atoms with Crippen LogP contribution in [0.1, 0.15) is 30.0 Å². The maximum absolute atomic E-state index is 12.1. The highest BCUT2D eigenvalue weighted by molar-refractivity contribution is 5.83. The van der Waals surface area contributed by atoms with Crippen molar-refractivity contribution in [1.82, 2.24) is 5.32 Å². The molecule has 0 saturated heterocycles. The summed E-state index contributed by atoms with van der Waals surface area (Å²) < 4.78 is 15.8. The van der Waals surface area contributed by atoms with Crippen LogP contribution in [0, 0.1) is 6.92 Å². The van der Waals surface area contributed by atoms with Crippen LogP contribution in [0.4, 0.5) is 0 Å². The molecule has 1 amide bonds. The number of hydrogen-bond acceptors (Lipinski definition) is 5. The molecule has 0 bridgehead atoms. The van der Waals surface area contributed by atoms with E-state index in [4.69, 9.17) is 14.2 Å². The van der Waals surface area contributed by atoms with Gasteiger partial charge in [-0.3, -0.25) is 9.59 Å². The Morgan fingerprint density at radius 3 is 2.56 bits per heavy atom. The number of fused-ring (bicyclic) bond motifs is 1. The highest BCUT2D eigenvalue weighted by Gasteiger charge is 2.18. The van der Waals surface area contributed by atoms with Gasteiger partial charge in [0.05, 0.1) is 0 Å². The van der Waals surface area contributed by atoms with E-state index in [0.29, 0.717) is 24.5 Å². The quantitative estimate of drug-likeness (QED) is 0.760. The molecule has 0 spiro atoms. The number of benzene rings is 2. The van der Waals surface area contributed by atoms with Crippen molar-refractivity contribution in [3.05, 3.63) is 59.2 Å². The van der Waals surface area contributed by atoms with E-state index >= 15 is 0 Å². The molecule has 1 unspecified atom stereocenters. The van der Waals surface area contributed by atoms with Crippen LogP contribution in [0.5, 0.6) is 11.5 Å². The van der Waals surface area contributed by atoms with Crippen LogP contribution in [0.2, 0.25) is 0 Å². The highest BCUT2D eigenvalue weighted by Crippen LogP contribution is 2.32. The number of carbonyl (C=O) groups excluding carboxylic acids is 2. The zero-order valence-electron chi connectivity index (χ0n) is 15.5. The summed E-state index contributed by atoms with van der Waals surface area (Å²) in [6.07, 6.45) is -0.137. The molecule has 0 saturated carbocycles. The fourth-order valence-corrected chi connectivity index (χ4v) is 2.69. The summed E-state index contributed by atoms with van der Waals surface area (Å²) in [5.41, 5.74) is 3.11. The third-order valence-electron chi connectivity index (χ3n) is 4.32. The van der Waals surface area contributed by atoms with Gasteiger partial charge in [0.2, 0.25) is 6.79 Å². The highest BCUT2D eigenvalue weighted by atomic mass is 16.7. The van der Waals surface area contributed by atoms with Crippen LogP contribution in [0.15, 0.2) is 42.5 Å². The summed E-state index contributed by atoms with van der Waals surface area (Å²) >= 11 is 0. The predicted molar refractivity (Wildman–Crippen MR) is 99.5 cm³/mol. The van der Waals surface area contributed by atoms with Crippen molar-refractivity contribution < 1.29 is 23.8 Å². The van der Waals surface area contributed by atoms with Gasteiger partial charge in [-0.15, -0.1) is 0 Å². The second-order valence-electron chi connectivity index (χ2n) is 6.52. The lowest BCUT2D eigenvalue weighted by Gasteiger charge is -2.14. The lowest BCUT2D eigenvalue weighted by molar-refractivity contribution is -0.154. The average Bonchev–Trinajstić information content (AvgIpc) is 3.13. The van der Waals surface area contributed by atoms with Crippen LogP contribution in [0.3, 0.4) is 0 Å². The number of hydrogen-bond donors (Lipinski definition) is 1. The molecule has 1 aliphatic rings. The topological polar surface area (TPSA) is 73.9 Å². The van der Waals surface area contributed by atoms with Gasteiger partial charge in [0.15, 0.2) is 17.6 Å². The van der Waals surface area contributed by atoms with Gasteiger partial charge in [-0.2, -0.15) is 0 Å². The van der Waals surface area contributed by atoms with Gasteiger partial charge in [0.25, 0.3) is 5.91 Å². The van der Waals surface area contributed by atoms with E-state index in [2.05, 4.69) is 5.32 Å². The predicted octanol–water partition coefficient (Wildman–Crippen LogP) is 2.90. The molecule has 0 aromatic heterocycles. The molecule has 6 heteroatoms. The minimum absolute atomic E-state index is 0.190. The van der Waals surface area contributed by atoms with Crippen molar-refractivity contribution in [2.45, 2.75) is 39.3 Å². The van der Waals surface area contributed by atoms with Crippen molar-refractivity contribution in [3.8, 4) is 11.5 Å².